The summed E-state index contributed by atoms with van der Waals surface area (Å²) in [6, 6.07) is 17.8. The van der Waals surface area contributed by atoms with Gasteiger partial charge in [-0.1, -0.05) is 53.2 Å². The second kappa shape index (κ2) is 12.0. The fraction of sp³-hybridized carbons (Fsp3) is 0.344. The zero-order valence-corrected chi connectivity index (χ0v) is 25.2. The third kappa shape index (κ3) is 5.90. The molecule has 0 radical (unpaired) electrons. The molecule has 1 aliphatic heterocycles. The zero-order valence-electron chi connectivity index (χ0n) is 24.4. The Bertz CT molecular complexity index is 1730. The maximum atomic E-state index is 13.9. The first-order valence-electron chi connectivity index (χ1n) is 14.2. The van der Waals surface area contributed by atoms with Crippen LogP contribution >= 0.6 is 0 Å². The lowest BCUT2D eigenvalue weighted by atomic mass is 9.98. The lowest BCUT2D eigenvalue weighted by Crippen LogP contribution is -2.46. The summed E-state index contributed by atoms with van der Waals surface area (Å²) in [6.45, 7) is 6.95. The minimum absolute atomic E-state index is 0.00181. The van der Waals surface area contributed by atoms with Crippen LogP contribution in [0.5, 0.6) is 0 Å². The lowest BCUT2D eigenvalue weighted by Gasteiger charge is -2.25. The number of rotatable bonds is 10. The summed E-state index contributed by atoms with van der Waals surface area (Å²) < 4.78 is 29.2. The van der Waals surface area contributed by atoms with Gasteiger partial charge in [-0.25, -0.2) is 8.42 Å². The van der Waals surface area contributed by atoms with Crippen molar-refractivity contribution < 1.29 is 13.2 Å². The summed E-state index contributed by atoms with van der Waals surface area (Å²) >= 11 is 0. The highest BCUT2D eigenvalue weighted by Gasteiger charge is 2.30. The van der Waals surface area contributed by atoms with Gasteiger partial charge >= 0.3 is 0 Å². The molecule has 0 fully saturated rings. The Morgan fingerprint density at radius 3 is 2.52 bits per heavy atom. The summed E-state index contributed by atoms with van der Waals surface area (Å²) in [5.74, 6) is -0.392. The first-order chi connectivity index (χ1) is 20.1. The maximum Gasteiger partial charge on any atom is 0.251 e. The highest BCUT2D eigenvalue weighted by atomic mass is 32.2. The van der Waals surface area contributed by atoms with E-state index < -0.39 is 28.0 Å². The SMILES string of the molecule is CCn1cc2c3c(cc(C(=O)N[C@@H](Cc4ccccc4)C(CNc4ccc(C)cc4C)N=O)cc31)N(C)S(=O)(=O)CC2. The van der Waals surface area contributed by atoms with Crippen LogP contribution in [0.25, 0.3) is 10.9 Å². The van der Waals surface area contributed by atoms with Gasteiger partial charge in [0.25, 0.3) is 5.91 Å². The van der Waals surface area contributed by atoms with Crippen molar-refractivity contribution in [3.8, 4) is 0 Å². The summed E-state index contributed by atoms with van der Waals surface area (Å²) in [7, 11) is -2.00. The fourth-order valence-electron chi connectivity index (χ4n) is 5.73. The number of aromatic nitrogens is 1. The monoisotopic (exact) mass is 587 g/mol. The molecule has 9 nitrogen and oxygen atoms in total. The van der Waals surface area contributed by atoms with Gasteiger partial charge in [0.1, 0.15) is 6.04 Å². The van der Waals surface area contributed by atoms with Crippen LogP contribution in [0, 0.1) is 18.8 Å². The summed E-state index contributed by atoms with van der Waals surface area (Å²) in [5.41, 5.74) is 6.62. The zero-order chi connectivity index (χ0) is 30.0. The highest BCUT2D eigenvalue weighted by Crippen LogP contribution is 2.37. The normalized spacial score (nSPS) is 15.6. The fourth-order valence-corrected chi connectivity index (χ4v) is 6.92. The van der Waals surface area contributed by atoms with Gasteiger partial charge in [-0.2, -0.15) is 4.91 Å². The van der Waals surface area contributed by atoms with Crippen molar-refractivity contribution in [2.75, 3.05) is 29.0 Å². The quantitative estimate of drug-likeness (QED) is 0.248. The molecule has 1 amide bonds. The number of carbonyl (C=O) groups is 1. The molecule has 10 heteroatoms. The number of hydrogen-bond donors (Lipinski definition) is 2. The smallest absolute Gasteiger partial charge is 0.251 e. The van der Waals surface area contributed by atoms with Gasteiger partial charge < -0.3 is 15.2 Å². The summed E-state index contributed by atoms with van der Waals surface area (Å²) in [4.78, 5) is 26.1. The van der Waals surface area contributed by atoms with Crippen molar-refractivity contribution >= 4 is 38.2 Å². The molecule has 0 saturated carbocycles. The van der Waals surface area contributed by atoms with Gasteiger partial charge in [-0.15, -0.1) is 0 Å². The Morgan fingerprint density at radius 1 is 1.07 bits per heavy atom. The number of hydrogen-bond acceptors (Lipinski definition) is 6. The molecule has 1 unspecified atom stereocenters. The van der Waals surface area contributed by atoms with Crippen LogP contribution in [-0.2, 0) is 29.4 Å². The van der Waals surface area contributed by atoms with Gasteiger partial charge in [0.2, 0.25) is 10.0 Å². The predicted octanol–water partition coefficient (Wildman–Crippen LogP) is 5.19. The topological polar surface area (TPSA) is 113 Å². The molecule has 2 heterocycles. The highest BCUT2D eigenvalue weighted by molar-refractivity contribution is 7.92. The van der Waals surface area contributed by atoms with E-state index in [1.807, 2.05) is 80.1 Å². The Hall–Kier alpha value is -4.18. The number of nitrogens with one attached hydrogen (secondary N) is 2. The van der Waals surface area contributed by atoms with Crippen molar-refractivity contribution in [3.05, 3.63) is 99.6 Å². The molecule has 3 aromatic carbocycles. The lowest BCUT2D eigenvalue weighted by molar-refractivity contribution is 0.0931. The van der Waals surface area contributed by atoms with Crippen LogP contribution in [0.2, 0.25) is 0 Å². The van der Waals surface area contributed by atoms with E-state index in [0.717, 1.165) is 38.8 Å². The number of amides is 1. The Balaban J connectivity index is 1.48. The Morgan fingerprint density at radius 2 is 1.83 bits per heavy atom. The average molecular weight is 588 g/mol. The molecule has 0 aliphatic carbocycles. The van der Waals surface area contributed by atoms with Crippen LogP contribution in [-0.4, -0.2) is 50.3 Å². The van der Waals surface area contributed by atoms with Gasteiger partial charge in [-0.05, 0) is 68.5 Å². The van der Waals surface area contributed by atoms with Crippen molar-refractivity contribution in [3.63, 3.8) is 0 Å². The van der Waals surface area contributed by atoms with E-state index in [1.54, 1.807) is 6.07 Å². The van der Waals surface area contributed by atoms with E-state index in [4.69, 9.17) is 0 Å². The van der Waals surface area contributed by atoms with E-state index in [0.29, 0.717) is 30.6 Å². The van der Waals surface area contributed by atoms with E-state index in [2.05, 4.69) is 21.9 Å². The Labute approximate surface area is 246 Å². The van der Waals surface area contributed by atoms with Crippen molar-refractivity contribution in [1.29, 1.82) is 0 Å². The van der Waals surface area contributed by atoms with E-state index in [9.17, 15) is 18.1 Å². The number of sulfonamides is 1. The molecule has 0 spiro atoms. The third-order valence-electron chi connectivity index (χ3n) is 8.13. The van der Waals surface area contributed by atoms with Crippen molar-refractivity contribution in [2.24, 2.45) is 5.18 Å². The van der Waals surface area contributed by atoms with Crippen LogP contribution in [0.4, 0.5) is 11.4 Å². The molecule has 0 saturated heterocycles. The minimum Gasteiger partial charge on any atom is -0.382 e. The number of anilines is 2. The first-order valence-corrected chi connectivity index (χ1v) is 15.8. The molecule has 4 aromatic rings. The maximum absolute atomic E-state index is 13.9. The van der Waals surface area contributed by atoms with Crippen LogP contribution < -0.4 is 14.9 Å². The average Bonchev–Trinajstić information content (AvgIpc) is 3.30. The summed E-state index contributed by atoms with van der Waals surface area (Å²) in [5, 5.41) is 10.7. The number of nitroso groups, excluding NO2 is 1. The minimum atomic E-state index is -3.54. The van der Waals surface area contributed by atoms with E-state index in [1.165, 1.54) is 11.4 Å². The molecule has 220 valence electrons. The number of benzene rings is 3. The number of aryl methyl sites for hydroxylation is 4. The molecular weight excluding hydrogens is 550 g/mol. The Kier molecular flexibility index (Phi) is 8.36. The van der Waals surface area contributed by atoms with E-state index >= 15 is 0 Å². The van der Waals surface area contributed by atoms with Crippen molar-refractivity contribution in [2.45, 2.75) is 52.2 Å². The molecule has 42 heavy (non-hydrogen) atoms. The van der Waals surface area contributed by atoms with Crippen molar-refractivity contribution in [1.82, 2.24) is 9.88 Å². The van der Waals surface area contributed by atoms with Crippen LogP contribution in [0.15, 0.2) is 72.0 Å². The second-order valence-electron chi connectivity index (χ2n) is 11.0. The number of nitrogens with zero attached hydrogens (tertiary/aromatic N) is 3. The summed E-state index contributed by atoms with van der Waals surface area (Å²) in [6.07, 6.45) is 2.79. The second-order valence-corrected chi connectivity index (χ2v) is 13.1. The van der Waals surface area contributed by atoms with E-state index in [-0.39, 0.29) is 12.3 Å². The van der Waals surface area contributed by atoms with Gasteiger partial charge in [-0.3, -0.25) is 9.10 Å². The van der Waals surface area contributed by atoms with Gasteiger partial charge in [0.15, 0.2) is 0 Å². The largest absolute Gasteiger partial charge is 0.382 e. The number of carbonyl (C=O) groups excluding carboxylic acids is 1. The molecule has 5 rings (SSSR count). The molecule has 0 bridgehead atoms. The van der Waals surface area contributed by atoms with Gasteiger partial charge in [0, 0.05) is 43.0 Å². The molecule has 2 atom stereocenters. The predicted molar refractivity (Wildman–Crippen MR) is 169 cm³/mol. The molecular formula is C32H37N5O4S. The standard InChI is InChI=1S/C32H37N5O4S/c1-5-37-20-24-13-14-42(40,41)36(4)29-17-25(18-30(37)31(24)29)32(38)34-27(16-23-9-7-6-8-10-23)28(35-39)19-33-26-12-11-21(2)15-22(26)3/h6-12,15,17-18,20,27-28,33H,5,13-14,16,19H2,1-4H3,(H,34,38)/t27-,28?/m0/s1. The van der Waals surface area contributed by atoms with Gasteiger partial charge in [0.05, 0.1) is 23.0 Å². The van der Waals surface area contributed by atoms with Crippen LogP contribution in [0.3, 0.4) is 0 Å². The molecule has 1 aliphatic rings. The molecule has 2 N–H and O–H groups in total. The third-order valence-corrected chi connectivity index (χ3v) is 9.88. The van der Waals surface area contributed by atoms with Crippen LogP contribution in [0.1, 0.15) is 39.5 Å². The first kappa shape index (κ1) is 29.3. The molecule has 1 aromatic heterocycles.